The first-order valence-corrected chi connectivity index (χ1v) is 6.95. The lowest BCUT2D eigenvalue weighted by Gasteiger charge is -2.10. The second-order valence-electron chi connectivity index (χ2n) is 3.52. The van der Waals surface area contributed by atoms with Gasteiger partial charge in [0.05, 0.1) is 22.0 Å². The van der Waals surface area contributed by atoms with E-state index in [2.05, 4.69) is 15.9 Å². The van der Waals surface area contributed by atoms with E-state index in [1.54, 1.807) is 18.4 Å². The van der Waals surface area contributed by atoms with E-state index in [0.717, 1.165) is 20.0 Å². The SMILES string of the molecule is COc1ccc(C(N)c2cc(Cl)c(Br)s2)cc1. The third-order valence-electron chi connectivity index (χ3n) is 2.45. The van der Waals surface area contributed by atoms with Gasteiger partial charge in [0.2, 0.25) is 0 Å². The van der Waals surface area contributed by atoms with E-state index in [1.165, 1.54) is 0 Å². The number of hydrogen-bond acceptors (Lipinski definition) is 3. The van der Waals surface area contributed by atoms with Gasteiger partial charge in [-0.15, -0.1) is 11.3 Å². The fraction of sp³-hybridized carbons (Fsp3) is 0.167. The van der Waals surface area contributed by atoms with Gasteiger partial charge in [0.1, 0.15) is 5.75 Å². The van der Waals surface area contributed by atoms with Gasteiger partial charge in [-0.05, 0) is 39.7 Å². The van der Waals surface area contributed by atoms with Crippen molar-refractivity contribution >= 4 is 38.9 Å². The third kappa shape index (κ3) is 2.83. The van der Waals surface area contributed by atoms with E-state index in [-0.39, 0.29) is 6.04 Å². The summed E-state index contributed by atoms with van der Waals surface area (Å²) in [5, 5.41) is 0.703. The van der Waals surface area contributed by atoms with E-state index >= 15 is 0 Å². The molecule has 90 valence electrons. The maximum absolute atomic E-state index is 6.18. The summed E-state index contributed by atoms with van der Waals surface area (Å²) in [6, 6.07) is 9.47. The van der Waals surface area contributed by atoms with Crippen molar-refractivity contribution in [2.45, 2.75) is 6.04 Å². The molecule has 0 saturated heterocycles. The predicted octanol–water partition coefficient (Wildman–Crippen LogP) is 4.22. The van der Waals surface area contributed by atoms with Crippen molar-refractivity contribution in [3.05, 3.63) is 49.6 Å². The second kappa shape index (κ2) is 5.40. The molecule has 1 unspecified atom stereocenters. The van der Waals surface area contributed by atoms with Crippen LogP contribution in [0.5, 0.6) is 5.75 Å². The van der Waals surface area contributed by atoms with Gasteiger partial charge in [0.15, 0.2) is 0 Å². The molecule has 5 heteroatoms. The topological polar surface area (TPSA) is 35.2 Å². The highest BCUT2D eigenvalue weighted by Crippen LogP contribution is 2.36. The van der Waals surface area contributed by atoms with Gasteiger partial charge in [0.25, 0.3) is 0 Å². The largest absolute Gasteiger partial charge is 0.497 e. The standard InChI is InChI=1S/C12H11BrClNOS/c1-16-8-4-2-7(3-5-8)11(15)10-6-9(14)12(13)17-10/h2-6,11H,15H2,1H3. The van der Waals surface area contributed by atoms with Crippen LogP contribution in [0.25, 0.3) is 0 Å². The fourth-order valence-electron chi connectivity index (χ4n) is 1.49. The molecule has 0 saturated carbocycles. The van der Waals surface area contributed by atoms with Crippen molar-refractivity contribution in [3.63, 3.8) is 0 Å². The van der Waals surface area contributed by atoms with Crippen molar-refractivity contribution in [3.8, 4) is 5.75 Å². The fourth-order valence-corrected chi connectivity index (χ4v) is 3.27. The van der Waals surface area contributed by atoms with Gasteiger partial charge in [-0.25, -0.2) is 0 Å². The normalized spacial score (nSPS) is 12.5. The molecule has 0 aliphatic carbocycles. The zero-order valence-corrected chi connectivity index (χ0v) is 12.3. The Labute approximate surface area is 117 Å². The van der Waals surface area contributed by atoms with Gasteiger partial charge in [-0.3, -0.25) is 0 Å². The predicted molar refractivity (Wildman–Crippen MR) is 76.1 cm³/mol. The number of nitrogens with two attached hydrogens (primary N) is 1. The van der Waals surface area contributed by atoms with Crippen LogP contribution in [0.15, 0.2) is 34.1 Å². The van der Waals surface area contributed by atoms with Crippen LogP contribution in [-0.2, 0) is 0 Å². The Hall–Kier alpha value is -0.550. The smallest absolute Gasteiger partial charge is 0.118 e. The monoisotopic (exact) mass is 331 g/mol. The van der Waals surface area contributed by atoms with Crippen LogP contribution in [-0.4, -0.2) is 7.11 Å². The average Bonchev–Trinajstić information content (AvgIpc) is 2.69. The molecule has 0 aliphatic heterocycles. The maximum Gasteiger partial charge on any atom is 0.118 e. The summed E-state index contributed by atoms with van der Waals surface area (Å²) >= 11 is 10.9. The summed E-state index contributed by atoms with van der Waals surface area (Å²) in [5.41, 5.74) is 7.22. The summed E-state index contributed by atoms with van der Waals surface area (Å²) in [6.45, 7) is 0. The van der Waals surface area contributed by atoms with Crippen LogP contribution in [0, 0.1) is 0 Å². The first-order chi connectivity index (χ1) is 8.11. The number of methoxy groups -OCH3 is 1. The highest BCUT2D eigenvalue weighted by atomic mass is 79.9. The van der Waals surface area contributed by atoms with Crippen molar-refractivity contribution in [1.82, 2.24) is 0 Å². The Kier molecular flexibility index (Phi) is 4.09. The molecule has 1 aromatic carbocycles. The summed E-state index contributed by atoms with van der Waals surface area (Å²) in [6.07, 6.45) is 0. The number of hydrogen-bond donors (Lipinski definition) is 1. The summed E-state index contributed by atoms with van der Waals surface area (Å²) in [4.78, 5) is 1.03. The molecule has 1 aromatic heterocycles. The minimum Gasteiger partial charge on any atom is -0.497 e. The highest BCUT2D eigenvalue weighted by Gasteiger charge is 2.13. The lowest BCUT2D eigenvalue weighted by atomic mass is 10.1. The highest BCUT2D eigenvalue weighted by molar-refractivity contribution is 9.11. The van der Waals surface area contributed by atoms with Crippen LogP contribution < -0.4 is 10.5 Å². The lowest BCUT2D eigenvalue weighted by Crippen LogP contribution is -2.09. The maximum atomic E-state index is 6.18. The molecule has 2 aromatic rings. The zero-order chi connectivity index (χ0) is 12.4. The first kappa shape index (κ1) is 12.9. The van der Waals surface area contributed by atoms with E-state index < -0.39 is 0 Å². The molecular formula is C12H11BrClNOS. The molecule has 1 heterocycles. The first-order valence-electron chi connectivity index (χ1n) is 4.96. The van der Waals surface area contributed by atoms with Gasteiger partial charge < -0.3 is 10.5 Å². The van der Waals surface area contributed by atoms with Crippen LogP contribution >= 0.6 is 38.9 Å². The minimum atomic E-state index is -0.158. The molecule has 2 rings (SSSR count). The molecule has 1 atom stereocenters. The van der Waals surface area contributed by atoms with E-state index in [4.69, 9.17) is 22.1 Å². The number of halogens is 2. The Morgan fingerprint density at radius 2 is 2.00 bits per heavy atom. The minimum absolute atomic E-state index is 0.158. The molecule has 17 heavy (non-hydrogen) atoms. The van der Waals surface area contributed by atoms with Gasteiger partial charge in [0, 0.05) is 4.88 Å². The summed E-state index contributed by atoms with van der Waals surface area (Å²) in [7, 11) is 1.64. The van der Waals surface area contributed by atoms with Gasteiger partial charge in [-0.1, -0.05) is 23.7 Å². The zero-order valence-electron chi connectivity index (χ0n) is 9.11. The number of rotatable bonds is 3. The lowest BCUT2D eigenvalue weighted by molar-refractivity contribution is 0.414. The van der Waals surface area contributed by atoms with Crippen LogP contribution in [0.4, 0.5) is 0 Å². The molecule has 0 spiro atoms. The summed E-state index contributed by atoms with van der Waals surface area (Å²) in [5.74, 6) is 0.825. The number of benzene rings is 1. The van der Waals surface area contributed by atoms with Crippen molar-refractivity contribution in [2.24, 2.45) is 5.73 Å². The van der Waals surface area contributed by atoms with Gasteiger partial charge >= 0.3 is 0 Å². The van der Waals surface area contributed by atoms with Gasteiger partial charge in [-0.2, -0.15) is 0 Å². The Morgan fingerprint density at radius 1 is 1.35 bits per heavy atom. The third-order valence-corrected chi connectivity index (χ3v) is 5.00. The van der Waals surface area contributed by atoms with Crippen molar-refractivity contribution < 1.29 is 4.74 Å². The Balaban J connectivity index is 2.26. The quantitative estimate of drug-likeness (QED) is 0.913. The van der Waals surface area contributed by atoms with Crippen LogP contribution in [0.3, 0.4) is 0 Å². The molecule has 0 fully saturated rings. The Morgan fingerprint density at radius 3 is 2.47 bits per heavy atom. The average molecular weight is 333 g/mol. The molecule has 2 N–H and O–H groups in total. The molecule has 0 aliphatic rings. The molecule has 0 radical (unpaired) electrons. The molecule has 2 nitrogen and oxygen atoms in total. The van der Waals surface area contributed by atoms with E-state index in [0.29, 0.717) is 5.02 Å². The molecular weight excluding hydrogens is 322 g/mol. The molecule has 0 bridgehead atoms. The van der Waals surface area contributed by atoms with Crippen molar-refractivity contribution in [2.75, 3.05) is 7.11 Å². The second-order valence-corrected chi connectivity index (χ2v) is 6.33. The Bertz CT molecular complexity index is 492. The number of thiophene rings is 1. The van der Waals surface area contributed by atoms with Crippen molar-refractivity contribution in [1.29, 1.82) is 0 Å². The number of ether oxygens (including phenoxy) is 1. The van der Waals surface area contributed by atoms with Crippen LogP contribution in [0.2, 0.25) is 5.02 Å². The molecule has 0 amide bonds. The summed E-state index contributed by atoms with van der Waals surface area (Å²) < 4.78 is 6.03. The van der Waals surface area contributed by atoms with E-state index in [1.807, 2.05) is 30.3 Å². The van der Waals surface area contributed by atoms with Crippen LogP contribution in [0.1, 0.15) is 16.5 Å². The van der Waals surface area contributed by atoms with E-state index in [9.17, 15) is 0 Å².